The third-order valence-corrected chi connectivity index (χ3v) is 3.58. The second kappa shape index (κ2) is 6.33. The van der Waals surface area contributed by atoms with Crippen LogP contribution in [0.2, 0.25) is 5.02 Å². The quantitative estimate of drug-likeness (QED) is 0.882. The van der Waals surface area contributed by atoms with E-state index in [9.17, 15) is 0 Å². The number of aromatic nitrogens is 1. The highest BCUT2D eigenvalue weighted by Gasteiger charge is 2.20. The summed E-state index contributed by atoms with van der Waals surface area (Å²) >= 11 is 6.25. The molecule has 0 spiro atoms. The number of hydrogen-bond donors (Lipinski definition) is 1. The lowest BCUT2D eigenvalue weighted by Gasteiger charge is -2.11. The zero-order valence-corrected chi connectivity index (χ0v) is 12.6. The van der Waals surface area contributed by atoms with Gasteiger partial charge < -0.3 is 14.8 Å². The van der Waals surface area contributed by atoms with Crippen LogP contribution in [-0.2, 0) is 6.54 Å². The van der Waals surface area contributed by atoms with Crippen LogP contribution in [0.3, 0.4) is 0 Å². The zero-order valence-electron chi connectivity index (χ0n) is 11.8. The molecule has 21 heavy (non-hydrogen) atoms. The molecule has 110 valence electrons. The van der Waals surface area contributed by atoms with Crippen molar-refractivity contribution < 1.29 is 9.47 Å². The van der Waals surface area contributed by atoms with Crippen molar-refractivity contribution in [2.24, 2.45) is 0 Å². The highest BCUT2D eigenvalue weighted by Crippen LogP contribution is 2.33. The lowest BCUT2D eigenvalue weighted by atomic mass is 10.3. The number of halogens is 1. The molecule has 1 heterocycles. The summed E-state index contributed by atoms with van der Waals surface area (Å²) in [4.78, 5) is 4.30. The smallest absolute Gasteiger partial charge is 0.238 e. The Labute approximate surface area is 129 Å². The number of nitrogens with one attached hydrogen (secondary N) is 1. The predicted molar refractivity (Wildman–Crippen MR) is 82.2 cm³/mol. The highest BCUT2D eigenvalue weighted by molar-refractivity contribution is 6.31. The van der Waals surface area contributed by atoms with E-state index in [1.165, 1.54) is 12.8 Å². The first-order valence-electron chi connectivity index (χ1n) is 6.95. The number of nitrogens with zero attached hydrogens (tertiary/aromatic N) is 1. The fourth-order valence-corrected chi connectivity index (χ4v) is 2.22. The Hall–Kier alpha value is -1.78. The van der Waals surface area contributed by atoms with E-state index in [2.05, 4.69) is 10.3 Å². The number of benzene rings is 1. The molecule has 0 saturated heterocycles. The average molecular weight is 305 g/mol. The van der Waals surface area contributed by atoms with Crippen LogP contribution in [0.5, 0.6) is 17.4 Å². The van der Waals surface area contributed by atoms with Crippen molar-refractivity contribution >= 4 is 11.6 Å². The van der Waals surface area contributed by atoms with Crippen molar-refractivity contribution in [1.82, 2.24) is 10.3 Å². The van der Waals surface area contributed by atoms with Crippen LogP contribution < -0.4 is 14.8 Å². The minimum Gasteiger partial charge on any atom is -0.493 e. The number of para-hydroxylation sites is 2. The molecule has 1 fully saturated rings. The molecule has 0 radical (unpaired) electrons. The van der Waals surface area contributed by atoms with E-state index in [1.807, 2.05) is 30.3 Å². The van der Waals surface area contributed by atoms with Crippen LogP contribution in [-0.4, -0.2) is 18.1 Å². The van der Waals surface area contributed by atoms with Crippen LogP contribution in [0.4, 0.5) is 0 Å². The molecule has 0 atom stereocenters. The van der Waals surface area contributed by atoms with Gasteiger partial charge in [0.1, 0.15) is 5.02 Å². The summed E-state index contributed by atoms with van der Waals surface area (Å²) in [5, 5.41) is 3.92. The SMILES string of the molecule is COc1ccccc1Oc1ncc(CNC2CC2)cc1Cl. The third-order valence-electron chi connectivity index (χ3n) is 3.31. The van der Waals surface area contributed by atoms with Gasteiger partial charge in [0.2, 0.25) is 5.88 Å². The Morgan fingerprint density at radius 1 is 1.29 bits per heavy atom. The van der Waals surface area contributed by atoms with E-state index in [0.29, 0.717) is 28.4 Å². The van der Waals surface area contributed by atoms with Crippen molar-refractivity contribution in [3.8, 4) is 17.4 Å². The monoisotopic (exact) mass is 304 g/mol. The van der Waals surface area contributed by atoms with Gasteiger partial charge in [0, 0.05) is 18.8 Å². The van der Waals surface area contributed by atoms with Gasteiger partial charge in [-0.05, 0) is 36.6 Å². The summed E-state index contributed by atoms with van der Waals surface area (Å²) < 4.78 is 11.0. The molecule has 2 aromatic rings. The van der Waals surface area contributed by atoms with E-state index in [4.69, 9.17) is 21.1 Å². The van der Waals surface area contributed by atoms with Gasteiger partial charge in [0.25, 0.3) is 0 Å². The molecule has 0 amide bonds. The molecule has 1 aromatic carbocycles. The van der Waals surface area contributed by atoms with E-state index < -0.39 is 0 Å². The van der Waals surface area contributed by atoms with Gasteiger partial charge in [0.05, 0.1) is 7.11 Å². The maximum atomic E-state index is 6.25. The van der Waals surface area contributed by atoms with Crippen LogP contribution in [0.15, 0.2) is 36.5 Å². The highest BCUT2D eigenvalue weighted by atomic mass is 35.5. The lowest BCUT2D eigenvalue weighted by molar-refractivity contribution is 0.374. The summed E-state index contributed by atoms with van der Waals surface area (Å²) in [6, 6.07) is 9.95. The number of pyridine rings is 1. The Bertz CT molecular complexity index is 629. The number of methoxy groups -OCH3 is 1. The van der Waals surface area contributed by atoms with Crippen LogP contribution >= 0.6 is 11.6 Å². The zero-order chi connectivity index (χ0) is 14.7. The first kappa shape index (κ1) is 14.2. The summed E-state index contributed by atoms with van der Waals surface area (Å²) in [6.07, 6.45) is 4.30. The van der Waals surface area contributed by atoms with Gasteiger partial charge in [-0.15, -0.1) is 0 Å². The van der Waals surface area contributed by atoms with E-state index >= 15 is 0 Å². The van der Waals surface area contributed by atoms with Gasteiger partial charge in [-0.3, -0.25) is 0 Å². The Morgan fingerprint density at radius 3 is 2.71 bits per heavy atom. The number of rotatable bonds is 6. The standard InChI is InChI=1S/C16H17ClN2O2/c1-20-14-4-2-3-5-15(14)21-16-13(17)8-11(10-19-16)9-18-12-6-7-12/h2-5,8,10,12,18H,6-7,9H2,1H3. The minimum absolute atomic E-state index is 0.385. The van der Waals surface area contributed by atoms with E-state index in [1.54, 1.807) is 13.3 Å². The molecule has 1 saturated carbocycles. The van der Waals surface area contributed by atoms with Gasteiger partial charge in [-0.25, -0.2) is 4.98 Å². The van der Waals surface area contributed by atoms with Gasteiger partial charge >= 0.3 is 0 Å². The first-order valence-corrected chi connectivity index (χ1v) is 7.33. The topological polar surface area (TPSA) is 43.4 Å². The fraction of sp³-hybridized carbons (Fsp3) is 0.312. The van der Waals surface area contributed by atoms with Gasteiger partial charge in [-0.2, -0.15) is 0 Å². The summed E-state index contributed by atoms with van der Waals surface area (Å²) in [6.45, 7) is 0.784. The number of hydrogen-bond acceptors (Lipinski definition) is 4. The molecule has 1 aromatic heterocycles. The van der Waals surface area contributed by atoms with E-state index in [0.717, 1.165) is 12.1 Å². The van der Waals surface area contributed by atoms with Crippen molar-refractivity contribution in [2.45, 2.75) is 25.4 Å². The van der Waals surface area contributed by atoms with Crippen molar-refractivity contribution in [1.29, 1.82) is 0 Å². The second-order valence-corrected chi connectivity index (χ2v) is 5.45. The fourth-order valence-electron chi connectivity index (χ4n) is 1.99. The Balaban J connectivity index is 1.72. The number of ether oxygens (including phenoxy) is 2. The summed E-state index contributed by atoms with van der Waals surface area (Å²) in [5.74, 6) is 1.63. The molecular formula is C16H17ClN2O2. The summed E-state index contributed by atoms with van der Waals surface area (Å²) in [7, 11) is 1.60. The molecule has 4 nitrogen and oxygen atoms in total. The van der Waals surface area contributed by atoms with Crippen LogP contribution in [0.1, 0.15) is 18.4 Å². The molecule has 0 aliphatic heterocycles. The molecule has 1 aliphatic rings. The van der Waals surface area contributed by atoms with Gasteiger partial charge in [0.15, 0.2) is 11.5 Å². The Kier molecular flexibility index (Phi) is 4.27. The molecular weight excluding hydrogens is 288 g/mol. The first-order chi connectivity index (χ1) is 10.3. The molecule has 0 unspecified atom stereocenters. The minimum atomic E-state index is 0.385. The van der Waals surface area contributed by atoms with E-state index in [-0.39, 0.29) is 0 Å². The largest absolute Gasteiger partial charge is 0.493 e. The normalized spacial score (nSPS) is 14.0. The van der Waals surface area contributed by atoms with Crippen molar-refractivity contribution in [2.75, 3.05) is 7.11 Å². The lowest BCUT2D eigenvalue weighted by Crippen LogP contribution is -2.15. The van der Waals surface area contributed by atoms with Crippen LogP contribution in [0, 0.1) is 0 Å². The maximum Gasteiger partial charge on any atom is 0.238 e. The average Bonchev–Trinajstić information content (AvgIpc) is 3.32. The van der Waals surface area contributed by atoms with Crippen LogP contribution in [0.25, 0.3) is 0 Å². The predicted octanol–water partition coefficient (Wildman–Crippen LogP) is 3.79. The Morgan fingerprint density at radius 2 is 2.05 bits per heavy atom. The van der Waals surface area contributed by atoms with Gasteiger partial charge in [-0.1, -0.05) is 23.7 Å². The molecule has 1 N–H and O–H groups in total. The molecule has 3 rings (SSSR count). The summed E-state index contributed by atoms with van der Waals surface area (Å²) in [5.41, 5.74) is 1.05. The molecule has 1 aliphatic carbocycles. The van der Waals surface area contributed by atoms with Crippen molar-refractivity contribution in [3.63, 3.8) is 0 Å². The van der Waals surface area contributed by atoms with Crippen molar-refractivity contribution in [3.05, 3.63) is 47.1 Å². The molecule has 0 bridgehead atoms. The molecule has 5 heteroatoms. The second-order valence-electron chi connectivity index (χ2n) is 5.04. The maximum absolute atomic E-state index is 6.25. The third kappa shape index (κ3) is 3.65.